The summed E-state index contributed by atoms with van der Waals surface area (Å²) >= 11 is 6.11. The van der Waals surface area contributed by atoms with Crippen molar-refractivity contribution in [3.05, 3.63) is 28.8 Å². The van der Waals surface area contributed by atoms with Crippen molar-refractivity contribution in [1.82, 2.24) is 0 Å². The molecule has 2 nitrogen and oxygen atoms in total. The van der Waals surface area contributed by atoms with Crippen molar-refractivity contribution < 1.29 is 4.79 Å². The highest BCUT2D eigenvalue weighted by Gasteiger charge is 2.10. The van der Waals surface area contributed by atoms with E-state index in [1.165, 1.54) is 6.92 Å². The van der Waals surface area contributed by atoms with Gasteiger partial charge in [0.15, 0.2) is 5.78 Å². The van der Waals surface area contributed by atoms with Crippen LogP contribution in [-0.4, -0.2) is 18.9 Å². The fourth-order valence-corrected chi connectivity index (χ4v) is 2.15. The van der Waals surface area contributed by atoms with Gasteiger partial charge in [0.05, 0.1) is 5.02 Å². The fraction of sp³-hybridized carbons (Fsp3) is 0.500. The number of hydrogen-bond donors (Lipinski definition) is 0. The summed E-state index contributed by atoms with van der Waals surface area (Å²) < 4.78 is 0. The van der Waals surface area contributed by atoms with E-state index in [0.29, 0.717) is 16.5 Å². The molecule has 1 aromatic rings. The van der Waals surface area contributed by atoms with Crippen LogP contribution in [0.4, 0.5) is 5.69 Å². The molecule has 1 rings (SSSR count). The first-order valence-electron chi connectivity index (χ1n) is 6.01. The Bertz CT molecular complexity index is 401. The number of hydrogen-bond acceptors (Lipinski definition) is 2. The van der Waals surface area contributed by atoms with Crippen molar-refractivity contribution in [2.45, 2.75) is 27.7 Å². The Morgan fingerprint density at radius 1 is 1.41 bits per heavy atom. The van der Waals surface area contributed by atoms with Crippen LogP contribution in [0.25, 0.3) is 0 Å². The molecule has 0 aromatic heterocycles. The second-order valence-electron chi connectivity index (χ2n) is 4.65. The van der Waals surface area contributed by atoms with Crippen LogP contribution in [0.2, 0.25) is 5.02 Å². The predicted octanol–water partition coefficient (Wildman–Crippen LogP) is 4.02. The molecule has 0 radical (unpaired) electrons. The van der Waals surface area contributed by atoms with Crippen LogP contribution in [0.1, 0.15) is 38.1 Å². The summed E-state index contributed by atoms with van der Waals surface area (Å²) in [5, 5.41) is 0.539. The molecule has 0 amide bonds. The third-order valence-electron chi connectivity index (χ3n) is 2.66. The minimum absolute atomic E-state index is 0.00783. The van der Waals surface area contributed by atoms with Gasteiger partial charge >= 0.3 is 0 Å². The second-order valence-corrected chi connectivity index (χ2v) is 5.06. The van der Waals surface area contributed by atoms with Crippen molar-refractivity contribution >= 4 is 23.1 Å². The molecule has 0 aliphatic heterocycles. The number of carbonyl (C=O) groups excluding carboxylic acids is 1. The molecular formula is C14H20ClNO. The Kier molecular flexibility index (Phi) is 5.01. The summed E-state index contributed by atoms with van der Waals surface area (Å²) in [4.78, 5) is 13.6. The van der Waals surface area contributed by atoms with E-state index < -0.39 is 0 Å². The first kappa shape index (κ1) is 14.0. The van der Waals surface area contributed by atoms with Crippen LogP contribution < -0.4 is 4.90 Å². The molecule has 0 saturated heterocycles. The Morgan fingerprint density at radius 3 is 2.47 bits per heavy atom. The van der Waals surface area contributed by atoms with Gasteiger partial charge in [-0.2, -0.15) is 0 Å². The zero-order chi connectivity index (χ0) is 13.0. The highest BCUT2D eigenvalue weighted by molar-refractivity contribution is 6.34. The summed E-state index contributed by atoms with van der Waals surface area (Å²) in [6.07, 6.45) is 0. The average molecular weight is 254 g/mol. The topological polar surface area (TPSA) is 20.3 Å². The van der Waals surface area contributed by atoms with Gasteiger partial charge in [0, 0.05) is 24.3 Å². The molecule has 94 valence electrons. The summed E-state index contributed by atoms with van der Waals surface area (Å²) in [5.41, 5.74) is 1.67. The van der Waals surface area contributed by atoms with Gasteiger partial charge < -0.3 is 4.90 Å². The Labute approximate surface area is 109 Å². The van der Waals surface area contributed by atoms with Crippen molar-refractivity contribution in [2.75, 3.05) is 18.0 Å². The van der Waals surface area contributed by atoms with Gasteiger partial charge in [0.1, 0.15) is 0 Å². The van der Waals surface area contributed by atoms with Crippen LogP contribution in [0, 0.1) is 5.92 Å². The highest BCUT2D eigenvalue weighted by atomic mass is 35.5. The first-order chi connectivity index (χ1) is 7.95. The van der Waals surface area contributed by atoms with Crippen molar-refractivity contribution in [2.24, 2.45) is 5.92 Å². The van der Waals surface area contributed by atoms with E-state index >= 15 is 0 Å². The number of halogens is 1. The zero-order valence-electron chi connectivity index (χ0n) is 11.0. The summed E-state index contributed by atoms with van der Waals surface area (Å²) in [6, 6.07) is 5.65. The van der Waals surface area contributed by atoms with Crippen molar-refractivity contribution in [1.29, 1.82) is 0 Å². The number of Topliss-reactive ketones (excluding diaryl/α,β-unsaturated/α-hetero) is 1. The Morgan fingerprint density at radius 2 is 2.06 bits per heavy atom. The zero-order valence-corrected chi connectivity index (χ0v) is 11.7. The number of anilines is 1. The second kappa shape index (κ2) is 6.06. The maximum absolute atomic E-state index is 11.3. The minimum atomic E-state index is 0.00783. The van der Waals surface area contributed by atoms with Gasteiger partial charge in [-0.15, -0.1) is 0 Å². The lowest BCUT2D eigenvalue weighted by molar-refractivity contribution is 0.101. The molecule has 0 aliphatic carbocycles. The highest BCUT2D eigenvalue weighted by Crippen LogP contribution is 2.24. The third kappa shape index (κ3) is 3.74. The smallest absolute Gasteiger partial charge is 0.161 e. The number of benzene rings is 1. The molecule has 3 heteroatoms. The summed E-state index contributed by atoms with van der Waals surface area (Å²) in [7, 11) is 0. The quantitative estimate of drug-likeness (QED) is 0.739. The van der Waals surface area contributed by atoms with Crippen molar-refractivity contribution in [3.8, 4) is 0 Å². The summed E-state index contributed by atoms with van der Waals surface area (Å²) in [6.45, 7) is 9.96. The van der Waals surface area contributed by atoms with E-state index in [9.17, 15) is 4.79 Å². The van der Waals surface area contributed by atoms with E-state index in [4.69, 9.17) is 11.6 Å². The third-order valence-corrected chi connectivity index (χ3v) is 2.98. The van der Waals surface area contributed by atoms with Gasteiger partial charge in [-0.25, -0.2) is 0 Å². The lowest BCUT2D eigenvalue weighted by Gasteiger charge is -2.25. The van der Waals surface area contributed by atoms with E-state index in [1.807, 2.05) is 18.2 Å². The van der Waals surface area contributed by atoms with Crippen LogP contribution in [0.5, 0.6) is 0 Å². The van der Waals surface area contributed by atoms with Gasteiger partial charge in [0.25, 0.3) is 0 Å². The normalized spacial score (nSPS) is 10.7. The predicted molar refractivity (Wildman–Crippen MR) is 74.2 cm³/mol. The average Bonchev–Trinajstić information content (AvgIpc) is 2.24. The number of nitrogens with zero attached hydrogens (tertiary/aromatic N) is 1. The molecule has 0 aliphatic rings. The number of ketones is 1. The molecule has 0 saturated carbocycles. The summed E-state index contributed by atoms with van der Waals surface area (Å²) in [5.74, 6) is 0.606. The maximum Gasteiger partial charge on any atom is 0.161 e. The van der Waals surface area contributed by atoms with Crippen LogP contribution in [0.3, 0.4) is 0 Å². The fourth-order valence-electron chi connectivity index (χ4n) is 1.84. The molecule has 1 aromatic carbocycles. The lowest BCUT2D eigenvalue weighted by atomic mass is 10.1. The van der Waals surface area contributed by atoms with Gasteiger partial charge in [-0.1, -0.05) is 25.4 Å². The standard InChI is InChI=1S/C14H20ClNO/c1-5-16(9-10(2)3)12-6-7-13(11(4)17)14(15)8-12/h6-8,10H,5,9H2,1-4H3. The molecule has 0 atom stereocenters. The molecule has 0 N–H and O–H groups in total. The molecule has 0 heterocycles. The Hall–Kier alpha value is -1.02. The molecule has 0 unspecified atom stereocenters. The first-order valence-corrected chi connectivity index (χ1v) is 6.39. The van der Waals surface area contributed by atoms with Crippen LogP contribution in [0.15, 0.2) is 18.2 Å². The number of rotatable bonds is 5. The van der Waals surface area contributed by atoms with Gasteiger partial charge in [-0.3, -0.25) is 4.79 Å². The minimum Gasteiger partial charge on any atom is -0.372 e. The molecule has 0 bridgehead atoms. The maximum atomic E-state index is 11.3. The lowest BCUT2D eigenvalue weighted by Crippen LogP contribution is -2.27. The van der Waals surface area contributed by atoms with E-state index in [-0.39, 0.29) is 5.78 Å². The number of carbonyl (C=O) groups is 1. The van der Waals surface area contributed by atoms with Crippen LogP contribution in [-0.2, 0) is 0 Å². The molecule has 17 heavy (non-hydrogen) atoms. The molecular weight excluding hydrogens is 234 g/mol. The molecule has 0 fully saturated rings. The van der Waals surface area contributed by atoms with Crippen LogP contribution >= 0.6 is 11.6 Å². The largest absolute Gasteiger partial charge is 0.372 e. The monoisotopic (exact) mass is 253 g/mol. The molecule has 0 spiro atoms. The van der Waals surface area contributed by atoms with Crippen molar-refractivity contribution in [3.63, 3.8) is 0 Å². The van der Waals surface area contributed by atoms with Gasteiger partial charge in [0.2, 0.25) is 0 Å². The van der Waals surface area contributed by atoms with E-state index in [1.54, 1.807) is 0 Å². The SMILES string of the molecule is CCN(CC(C)C)c1ccc(C(C)=O)c(Cl)c1. The Balaban J connectivity index is 2.98. The van der Waals surface area contributed by atoms with E-state index in [0.717, 1.165) is 18.8 Å². The van der Waals surface area contributed by atoms with Gasteiger partial charge in [-0.05, 0) is 38.0 Å². The van der Waals surface area contributed by atoms with E-state index in [2.05, 4.69) is 25.7 Å².